The van der Waals surface area contributed by atoms with E-state index in [1.54, 1.807) is 12.1 Å². The first-order valence-electron chi connectivity index (χ1n) is 9.47. The van der Waals surface area contributed by atoms with E-state index in [0.717, 1.165) is 5.56 Å². The second kappa shape index (κ2) is 8.44. The van der Waals surface area contributed by atoms with Gasteiger partial charge in [-0.15, -0.1) is 0 Å². The maximum Gasteiger partial charge on any atom is 0.254 e. The predicted molar refractivity (Wildman–Crippen MR) is 111 cm³/mol. The monoisotopic (exact) mass is 412 g/mol. The van der Waals surface area contributed by atoms with Gasteiger partial charge in [-0.25, -0.2) is 0 Å². The van der Waals surface area contributed by atoms with E-state index in [2.05, 4.69) is 10.6 Å². The standard InChI is InChI=1S/C22H24N2O6/c1-11(25)24-16-8-5-12-9-18(29-3)20(27)21(30-4)19(12)13-6-7-14(22(28)23-2)17(26)10-15(13)16/h6-7,9-10,16,27H,5,8H2,1-4H3,(H,23,28)(H,24,25). The van der Waals surface area contributed by atoms with Gasteiger partial charge in [0.05, 0.1) is 25.8 Å². The van der Waals surface area contributed by atoms with Crippen LogP contribution in [-0.2, 0) is 11.2 Å². The molecule has 3 rings (SSSR count). The first kappa shape index (κ1) is 21.2. The summed E-state index contributed by atoms with van der Waals surface area (Å²) in [5.41, 5.74) is 2.07. The Morgan fingerprint density at radius 1 is 1.17 bits per heavy atom. The SMILES string of the molecule is CNC(=O)c1ccc2c(cc1=O)C(NC(C)=O)CCc1cc(OC)c(O)c(OC)c1-2. The summed E-state index contributed by atoms with van der Waals surface area (Å²) in [6.07, 6.45) is 1.05. The molecule has 1 unspecified atom stereocenters. The maximum absolute atomic E-state index is 12.8. The second-order valence-electron chi connectivity index (χ2n) is 6.99. The molecule has 1 aliphatic rings. The zero-order chi connectivity index (χ0) is 22.0. The predicted octanol–water partition coefficient (Wildman–Crippen LogP) is 1.92. The van der Waals surface area contributed by atoms with Crippen molar-refractivity contribution in [2.45, 2.75) is 25.8 Å². The highest BCUT2D eigenvalue weighted by atomic mass is 16.5. The Bertz CT molecular complexity index is 1080. The number of aryl methyl sites for hydroxylation is 1. The smallest absolute Gasteiger partial charge is 0.254 e. The Morgan fingerprint density at radius 2 is 1.90 bits per heavy atom. The number of hydrogen-bond donors (Lipinski definition) is 3. The summed E-state index contributed by atoms with van der Waals surface area (Å²) in [5, 5.41) is 16.0. The molecular weight excluding hydrogens is 388 g/mol. The van der Waals surface area contributed by atoms with Crippen molar-refractivity contribution in [3.05, 3.63) is 51.2 Å². The fourth-order valence-electron chi connectivity index (χ4n) is 3.85. The number of benzene rings is 1. The first-order chi connectivity index (χ1) is 14.3. The van der Waals surface area contributed by atoms with Crippen molar-refractivity contribution < 1.29 is 24.2 Å². The number of nitrogens with one attached hydrogen (secondary N) is 2. The molecule has 0 saturated carbocycles. The molecule has 3 N–H and O–H groups in total. The average molecular weight is 412 g/mol. The van der Waals surface area contributed by atoms with Crippen molar-refractivity contribution in [1.29, 1.82) is 0 Å². The Hall–Kier alpha value is -3.55. The van der Waals surface area contributed by atoms with Gasteiger partial charge in [0.1, 0.15) is 0 Å². The summed E-state index contributed by atoms with van der Waals surface area (Å²) in [4.78, 5) is 36.8. The number of fused-ring (bicyclic) bond motifs is 3. The number of ether oxygens (including phenoxy) is 2. The number of phenols is 1. The molecule has 0 fully saturated rings. The van der Waals surface area contributed by atoms with Crippen molar-refractivity contribution in [2.24, 2.45) is 0 Å². The van der Waals surface area contributed by atoms with Crippen LogP contribution in [0, 0.1) is 0 Å². The molecule has 0 aliphatic heterocycles. The number of rotatable bonds is 4. The minimum Gasteiger partial charge on any atom is -0.502 e. The molecule has 158 valence electrons. The van der Waals surface area contributed by atoms with Gasteiger partial charge in [-0.1, -0.05) is 6.07 Å². The van der Waals surface area contributed by atoms with E-state index in [1.807, 2.05) is 0 Å². The number of phenolic OH excluding ortho intramolecular Hbond substituents is 1. The van der Waals surface area contributed by atoms with Crippen LogP contribution in [0.3, 0.4) is 0 Å². The molecule has 0 spiro atoms. The van der Waals surface area contributed by atoms with E-state index in [9.17, 15) is 19.5 Å². The van der Waals surface area contributed by atoms with Gasteiger partial charge < -0.3 is 25.2 Å². The van der Waals surface area contributed by atoms with Crippen molar-refractivity contribution in [3.8, 4) is 28.4 Å². The summed E-state index contributed by atoms with van der Waals surface area (Å²) < 4.78 is 10.8. The third-order valence-corrected chi connectivity index (χ3v) is 5.20. The van der Waals surface area contributed by atoms with Gasteiger partial charge in [-0.05, 0) is 47.7 Å². The zero-order valence-electron chi connectivity index (χ0n) is 17.3. The van der Waals surface area contributed by atoms with Crippen LogP contribution in [0.2, 0.25) is 0 Å². The van der Waals surface area contributed by atoms with Crippen LogP contribution >= 0.6 is 0 Å². The van der Waals surface area contributed by atoms with Crippen LogP contribution in [0.15, 0.2) is 29.1 Å². The first-order valence-corrected chi connectivity index (χ1v) is 9.47. The van der Waals surface area contributed by atoms with Crippen molar-refractivity contribution in [3.63, 3.8) is 0 Å². The fourth-order valence-corrected chi connectivity index (χ4v) is 3.85. The van der Waals surface area contributed by atoms with Gasteiger partial charge in [0.25, 0.3) is 5.91 Å². The molecule has 0 saturated heterocycles. The molecular formula is C22H24N2O6. The van der Waals surface area contributed by atoms with Gasteiger partial charge in [-0.3, -0.25) is 14.4 Å². The highest BCUT2D eigenvalue weighted by molar-refractivity contribution is 5.94. The summed E-state index contributed by atoms with van der Waals surface area (Å²) in [5.74, 6) is -0.445. The van der Waals surface area contributed by atoms with Gasteiger partial charge in [0.2, 0.25) is 11.7 Å². The fraction of sp³-hybridized carbons (Fsp3) is 0.318. The molecule has 0 heterocycles. The number of aromatic hydroxyl groups is 1. The lowest BCUT2D eigenvalue weighted by Crippen LogP contribution is -2.27. The van der Waals surface area contributed by atoms with E-state index >= 15 is 0 Å². The highest BCUT2D eigenvalue weighted by Crippen LogP contribution is 2.49. The van der Waals surface area contributed by atoms with E-state index in [4.69, 9.17) is 9.47 Å². The van der Waals surface area contributed by atoms with Crippen LogP contribution in [0.4, 0.5) is 0 Å². The third-order valence-electron chi connectivity index (χ3n) is 5.20. The molecule has 1 aliphatic carbocycles. The number of carbonyl (C=O) groups excluding carboxylic acids is 2. The molecule has 1 atom stereocenters. The molecule has 0 aromatic heterocycles. The van der Waals surface area contributed by atoms with Gasteiger partial charge in [0, 0.05) is 19.5 Å². The zero-order valence-corrected chi connectivity index (χ0v) is 17.3. The number of amides is 2. The summed E-state index contributed by atoms with van der Waals surface area (Å²) >= 11 is 0. The molecule has 30 heavy (non-hydrogen) atoms. The maximum atomic E-state index is 12.8. The van der Waals surface area contributed by atoms with E-state index in [1.165, 1.54) is 40.3 Å². The number of methoxy groups -OCH3 is 2. The molecule has 0 radical (unpaired) electrons. The minimum atomic E-state index is -0.508. The van der Waals surface area contributed by atoms with Crippen molar-refractivity contribution in [1.82, 2.24) is 10.6 Å². The summed E-state index contributed by atoms with van der Waals surface area (Å²) in [6.45, 7) is 1.41. The van der Waals surface area contributed by atoms with Gasteiger partial charge in [0.15, 0.2) is 16.9 Å². The Kier molecular flexibility index (Phi) is 5.96. The second-order valence-corrected chi connectivity index (χ2v) is 6.99. The lowest BCUT2D eigenvalue weighted by atomic mass is 9.95. The number of carbonyl (C=O) groups is 2. The molecule has 8 nitrogen and oxygen atoms in total. The van der Waals surface area contributed by atoms with Crippen LogP contribution < -0.4 is 25.5 Å². The summed E-state index contributed by atoms with van der Waals surface area (Å²) in [6, 6.07) is 5.73. The van der Waals surface area contributed by atoms with Crippen LogP contribution in [0.25, 0.3) is 11.1 Å². The topological polar surface area (TPSA) is 114 Å². The largest absolute Gasteiger partial charge is 0.502 e. The van der Waals surface area contributed by atoms with Crippen molar-refractivity contribution >= 4 is 11.8 Å². The highest BCUT2D eigenvalue weighted by Gasteiger charge is 2.29. The van der Waals surface area contributed by atoms with E-state index in [-0.39, 0.29) is 28.7 Å². The minimum absolute atomic E-state index is 0.0228. The Morgan fingerprint density at radius 3 is 2.50 bits per heavy atom. The molecule has 2 amide bonds. The molecule has 2 aromatic carbocycles. The Balaban J connectivity index is 2.41. The lowest BCUT2D eigenvalue weighted by molar-refractivity contribution is -0.119. The quantitative estimate of drug-likeness (QED) is 0.707. The van der Waals surface area contributed by atoms with Crippen LogP contribution in [0.1, 0.15) is 40.9 Å². The molecule has 2 aromatic rings. The third kappa shape index (κ3) is 3.68. The average Bonchev–Trinajstić information content (AvgIpc) is 2.96. The molecule has 0 bridgehead atoms. The van der Waals surface area contributed by atoms with Crippen molar-refractivity contribution in [2.75, 3.05) is 21.3 Å². The lowest BCUT2D eigenvalue weighted by Gasteiger charge is -2.18. The van der Waals surface area contributed by atoms with Gasteiger partial charge >= 0.3 is 0 Å². The molecule has 8 heteroatoms. The van der Waals surface area contributed by atoms with E-state index in [0.29, 0.717) is 29.5 Å². The summed E-state index contributed by atoms with van der Waals surface area (Å²) in [7, 11) is 4.33. The number of hydrogen-bond acceptors (Lipinski definition) is 6. The Labute approximate surface area is 173 Å². The van der Waals surface area contributed by atoms with E-state index < -0.39 is 17.4 Å². The normalized spacial score (nSPS) is 14.6. The van der Waals surface area contributed by atoms with Gasteiger partial charge in [-0.2, -0.15) is 0 Å². The van der Waals surface area contributed by atoms with Crippen LogP contribution in [-0.4, -0.2) is 38.2 Å². The van der Waals surface area contributed by atoms with Crippen LogP contribution in [0.5, 0.6) is 17.2 Å².